The highest BCUT2D eigenvalue weighted by Gasteiger charge is 2.10. The molecule has 5 rings (SSSR count). The summed E-state index contributed by atoms with van der Waals surface area (Å²) >= 11 is 0. The number of pyridine rings is 1. The maximum Gasteiger partial charge on any atom is 0.0780 e. The van der Waals surface area contributed by atoms with Gasteiger partial charge in [-0.05, 0) is 58.8 Å². The van der Waals surface area contributed by atoms with E-state index in [4.69, 9.17) is 4.98 Å². The molecule has 28 heavy (non-hydrogen) atoms. The Labute approximate surface area is 165 Å². The van der Waals surface area contributed by atoms with Crippen LogP contribution in [0.1, 0.15) is 11.1 Å². The van der Waals surface area contributed by atoms with Crippen molar-refractivity contribution in [3.8, 4) is 22.4 Å². The number of aryl methyl sites for hydroxylation is 2. The van der Waals surface area contributed by atoms with Gasteiger partial charge in [-0.25, -0.2) is 0 Å². The highest BCUT2D eigenvalue weighted by molar-refractivity contribution is 6.11. The number of hydrogen-bond acceptors (Lipinski definition) is 1. The molecule has 0 N–H and O–H groups in total. The molecule has 0 aliphatic carbocycles. The van der Waals surface area contributed by atoms with Crippen molar-refractivity contribution in [1.82, 2.24) is 4.98 Å². The first kappa shape index (κ1) is 16.7. The Bertz CT molecular complexity index is 1310. The van der Waals surface area contributed by atoms with E-state index in [1.165, 1.54) is 43.8 Å². The first-order valence-corrected chi connectivity index (χ1v) is 9.65. The van der Waals surface area contributed by atoms with Crippen LogP contribution in [0.5, 0.6) is 0 Å². The molecule has 0 radical (unpaired) electrons. The van der Waals surface area contributed by atoms with Gasteiger partial charge in [0.15, 0.2) is 0 Å². The summed E-state index contributed by atoms with van der Waals surface area (Å²) in [4.78, 5) is 4.74. The largest absolute Gasteiger partial charge is 0.256 e. The van der Waals surface area contributed by atoms with Crippen LogP contribution in [0.4, 0.5) is 0 Å². The lowest BCUT2D eigenvalue weighted by molar-refractivity contribution is 1.35. The Kier molecular flexibility index (Phi) is 3.95. The summed E-state index contributed by atoms with van der Waals surface area (Å²) in [6.07, 6.45) is 1.92. The summed E-state index contributed by atoms with van der Waals surface area (Å²) in [6.45, 7) is 4.30. The van der Waals surface area contributed by atoms with Crippen molar-refractivity contribution < 1.29 is 0 Å². The van der Waals surface area contributed by atoms with Crippen molar-refractivity contribution in [2.24, 2.45) is 0 Å². The molecule has 134 valence electrons. The van der Waals surface area contributed by atoms with Gasteiger partial charge in [-0.2, -0.15) is 0 Å². The summed E-state index contributed by atoms with van der Waals surface area (Å²) < 4.78 is 0. The van der Waals surface area contributed by atoms with Crippen LogP contribution in [0.3, 0.4) is 0 Å². The van der Waals surface area contributed by atoms with E-state index in [0.29, 0.717) is 0 Å². The van der Waals surface area contributed by atoms with Gasteiger partial charge in [0.05, 0.1) is 5.69 Å². The fraction of sp³-hybridized carbons (Fsp3) is 0.0741. The third-order valence-corrected chi connectivity index (χ3v) is 5.53. The molecule has 1 aromatic heterocycles. The van der Waals surface area contributed by atoms with Gasteiger partial charge < -0.3 is 0 Å². The molecule has 0 bridgehead atoms. The number of hydrogen-bond donors (Lipinski definition) is 0. The minimum atomic E-state index is 1.04. The van der Waals surface area contributed by atoms with E-state index >= 15 is 0 Å². The lowest BCUT2D eigenvalue weighted by Crippen LogP contribution is -1.90. The zero-order valence-electron chi connectivity index (χ0n) is 16.1. The highest BCUT2D eigenvalue weighted by Crippen LogP contribution is 2.34. The van der Waals surface area contributed by atoms with Gasteiger partial charge >= 0.3 is 0 Å². The first-order chi connectivity index (χ1) is 13.7. The Morgan fingerprint density at radius 3 is 2.21 bits per heavy atom. The molecule has 0 fully saturated rings. The SMILES string of the molecule is Cc1ccc(-c2ccc(-c3nccc4c3ccc3ccccc34)cc2C)cc1. The van der Waals surface area contributed by atoms with E-state index in [1.807, 2.05) is 6.20 Å². The summed E-state index contributed by atoms with van der Waals surface area (Å²) in [5, 5.41) is 4.99. The zero-order chi connectivity index (χ0) is 19.1. The van der Waals surface area contributed by atoms with E-state index in [0.717, 1.165) is 11.3 Å². The molecular weight excluding hydrogens is 338 g/mol. The minimum absolute atomic E-state index is 1.04. The lowest BCUT2D eigenvalue weighted by Gasteiger charge is -2.12. The molecule has 0 aliphatic heterocycles. The summed E-state index contributed by atoms with van der Waals surface area (Å²) in [6, 6.07) is 30.4. The summed E-state index contributed by atoms with van der Waals surface area (Å²) in [5.74, 6) is 0. The standard InChI is InChI=1S/C27H21N/c1-18-7-9-21(10-8-18)23-13-12-22(17-19(23)2)27-26-14-11-20-5-3-4-6-24(20)25(26)15-16-28-27/h3-17H,1-2H3. The van der Waals surface area contributed by atoms with Gasteiger partial charge in [-0.1, -0.05) is 78.4 Å². The average Bonchev–Trinajstić information content (AvgIpc) is 2.74. The van der Waals surface area contributed by atoms with Crippen LogP contribution < -0.4 is 0 Å². The average molecular weight is 359 g/mol. The zero-order valence-corrected chi connectivity index (χ0v) is 16.1. The van der Waals surface area contributed by atoms with Crippen molar-refractivity contribution in [2.75, 3.05) is 0 Å². The molecule has 1 heteroatoms. The Hall–Kier alpha value is -3.45. The van der Waals surface area contributed by atoms with Crippen LogP contribution >= 0.6 is 0 Å². The predicted octanol–water partition coefficient (Wildman–Crippen LogP) is 7.34. The van der Waals surface area contributed by atoms with Crippen LogP contribution in [-0.4, -0.2) is 4.98 Å². The van der Waals surface area contributed by atoms with Gasteiger partial charge in [-0.15, -0.1) is 0 Å². The Morgan fingerprint density at radius 2 is 1.39 bits per heavy atom. The topological polar surface area (TPSA) is 12.9 Å². The molecule has 0 atom stereocenters. The lowest BCUT2D eigenvalue weighted by atomic mass is 9.94. The van der Waals surface area contributed by atoms with Crippen molar-refractivity contribution in [3.05, 3.63) is 102 Å². The van der Waals surface area contributed by atoms with Gasteiger partial charge in [0.1, 0.15) is 0 Å². The van der Waals surface area contributed by atoms with Crippen molar-refractivity contribution in [3.63, 3.8) is 0 Å². The van der Waals surface area contributed by atoms with Gasteiger partial charge in [0.25, 0.3) is 0 Å². The van der Waals surface area contributed by atoms with E-state index < -0.39 is 0 Å². The van der Waals surface area contributed by atoms with Crippen LogP contribution in [0.2, 0.25) is 0 Å². The number of benzene rings is 4. The van der Waals surface area contributed by atoms with E-state index in [2.05, 4.69) is 98.8 Å². The summed E-state index contributed by atoms with van der Waals surface area (Å²) in [5.41, 5.74) is 7.28. The molecular formula is C27H21N. The molecule has 0 amide bonds. The van der Waals surface area contributed by atoms with Crippen LogP contribution in [0, 0.1) is 13.8 Å². The molecule has 4 aromatic carbocycles. The molecule has 5 aromatic rings. The van der Waals surface area contributed by atoms with Crippen molar-refractivity contribution in [2.45, 2.75) is 13.8 Å². The molecule has 0 saturated carbocycles. The predicted molar refractivity (Wildman–Crippen MR) is 120 cm³/mol. The third-order valence-electron chi connectivity index (χ3n) is 5.53. The molecule has 0 spiro atoms. The van der Waals surface area contributed by atoms with Crippen LogP contribution in [-0.2, 0) is 0 Å². The van der Waals surface area contributed by atoms with Crippen molar-refractivity contribution >= 4 is 21.5 Å². The molecule has 0 aliphatic rings. The highest BCUT2D eigenvalue weighted by atomic mass is 14.7. The van der Waals surface area contributed by atoms with E-state index in [1.54, 1.807) is 0 Å². The minimum Gasteiger partial charge on any atom is -0.256 e. The molecule has 1 nitrogen and oxygen atoms in total. The van der Waals surface area contributed by atoms with Crippen LogP contribution in [0.25, 0.3) is 43.9 Å². The summed E-state index contributed by atoms with van der Waals surface area (Å²) in [7, 11) is 0. The smallest absolute Gasteiger partial charge is 0.0780 e. The molecule has 1 heterocycles. The van der Waals surface area contributed by atoms with E-state index in [9.17, 15) is 0 Å². The molecule has 0 saturated heterocycles. The number of aromatic nitrogens is 1. The van der Waals surface area contributed by atoms with Gasteiger partial charge in [0.2, 0.25) is 0 Å². The maximum atomic E-state index is 4.74. The molecule has 0 unspecified atom stereocenters. The van der Waals surface area contributed by atoms with Gasteiger partial charge in [-0.3, -0.25) is 4.98 Å². The fourth-order valence-electron chi connectivity index (χ4n) is 4.04. The number of fused-ring (bicyclic) bond motifs is 3. The second-order valence-corrected chi connectivity index (χ2v) is 7.44. The second kappa shape index (κ2) is 6.61. The Morgan fingerprint density at radius 1 is 0.607 bits per heavy atom. The van der Waals surface area contributed by atoms with E-state index in [-0.39, 0.29) is 0 Å². The quantitative estimate of drug-likeness (QED) is 0.300. The second-order valence-electron chi connectivity index (χ2n) is 7.44. The normalized spacial score (nSPS) is 11.2. The number of rotatable bonds is 2. The Balaban J connectivity index is 1.67. The van der Waals surface area contributed by atoms with Crippen molar-refractivity contribution in [1.29, 1.82) is 0 Å². The van der Waals surface area contributed by atoms with Gasteiger partial charge in [0, 0.05) is 17.1 Å². The maximum absolute atomic E-state index is 4.74. The fourth-order valence-corrected chi connectivity index (χ4v) is 4.04. The third kappa shape index (κ3) is 2.76. The first-order valence-electron chi connectivity index (χ1n) is 9.65. The van der Waals surface area contributed by atoms with Crippen LogP contribution in [0.15, 0.2) is 91.1 Å². The number of nitrogens with zero attached hydrogens (tertiary/aromatic N) is 1. The monoisotopic (exact) mass is 359 g/mol.